The van der Waals surface area contributed by atoms with Gasteiger partial charge in [0.05, 0.1) is 6.10 Å². The first kappa shape index (κ1) is 12.8. The molecule has 2 heteroatoms. The predicted molar refractivity (Wildman–Crippen MR) is 68.7 cm³/mol. The van der Waals surface area contributed by atoms with Gasteiger partial charge in [0.25, 0.3) is 0 Å². The lowest BCUT2D eigenvalue weighted by atomic mass is 10.1. The lowest BCUT2D eigenvalue weighted by Gasteiger charge is -2.10. The molecule has 0 aliphatic heterocycles. The molecule has 2 nitrogen and oxygen atoms in total. The Labute approximate surface area is 98.1 Å². The van der Waals surface area contributed by atoms with Crippen LogP contribution in [-0.4, -0.2) is 12.6 Å². The standard InChI is InChI=1S/C14H21NO/c1-4-12(10-15)9-13-5-7-14(8-6-13)16-11(2)3/h4-8,11H,9-10,15H2,1-3H3/b12-4-. The molecule has 0 fully saturated rings. The second-order valence-corrected chi connectivity index (χ2v) is 4.14. The van der Waals surface area contributed by atoms with E-state index >= 15 is 0 Å². The van der Waals surface area contributed by atoms with E-state index in [2.05, 4.69) is 18.2 Å². The fraction of sp³-hybridized carbons (Fsp3) is 0.429. The first-order chi connectivity index (χ1) is 7.65. The molecular weight excluding hydrogens is 198 g/mol. The van der Waals surface area contributed by atoms with Gasteiger partial charge >= 0.3 is 0 Å². The van der Waals surface area contributed by atoms with Gasteiger partial charge in [-0.05, 0) is 44.9 Å². The number of hydrogen-bond acceptors (Lipinski definition) is 2. The SMILES string of the molecule is C/C=C(\CN)Cc1ccc(OC(C)C)cc1. The molecule has 0 bridgehead atoms. The highest BCUT2D eigenvalue weighted by atomic mass is 16.5. The normalized spacial score (nSPS) is 11.9. The van der Waals surface area contributed by atoms with Crippen molar-refractivity contribution in [3.63, 3.8) is 0 Å². The topological polar surface area (TPSA) is 35.2 Å². The van der Waals surface area contributed by atoms with E-state index in [0.717, 1.165) is 12.2 Å². The smallest absolute Gasteiger partial charge is 0.119 e. The van der Waals surface area contributed by atoms with Gasteiger partial charge in [0.15, 0.2) is 0 Å². The van der Waals surface area contributed by atoms with Crippen molar-refractivity contribution in [3.05, 3.63) is 41.5 Å². The van der Waals surface area contributed by atoms with Crippen LogP contribution in [0.1, 0.15) is 26.3 Å². The molecule has 0 aromatic heterocycles. The van der Waals surface area contributed by atoms with Crippen molar-refractivity contribution in [2.24, 2.45) is 5.73 Å². The van der Waals surface area contributed by atoms with Crippen molar-refractivity contribution >= 4 is 0 Å². The van der Waals surface area contributed by atoms with Crippen LogP contribution in [-0.2, 0) is 6.42 Å². The van der Waals surface area contributed by atoms with Gasteiger partial charge in [-0.25, -0.2) is 0 Å². The Morgan fingerprint density at radius 1 is 1.31 bits per heavy atom. The molecule has 16 heavy (non-hydrogen) atoms. The fourth-order valence-corrected chi connectivity index (χ4v) is 1.51. The molecule has 0 saturated heterocycles. The van der Waals surface area contributed by atoms with Crippen LogP contribution in [0.25, 0.3) is 0 Å². The summed E-state index contributed by atoms with van der Waals surface area (Å²) in [5, 5.41) is 0. The Morgan fingerprint density at radius 2 is 1.94 bits per heavy atom. The average molecular weight is 219 g/mol. The third kappa shape index (κ3) is 4.07. The molecule has 0 aliphatic carbocycles. The molecule has 0 unspecified atom stereocenters. The molecule has 2 N–H and O–H groups in total. The van der Waals surface area contributed by atoms with Gasteiger partial charge in [-0.15, -0.1) is 0 Å². The van der Waals surface area contributed by atoms with Crippen LogP contribution in [0.3, 0.4) is 0 Å². The molecule has 88 valence electrons. The van der Waals surface area contributed by atoms with E-state index in [-0.39, 0.29) is 6.10 Å². The summed E-state index contributed by atoms with van der Waals surface area (Å²) in [6.07, 6.45) is 3.23. The molecule has 0 atom stereocenters. The van der Waals surface area contributed by atoms with E-state index in [1.165, 1.54) is 11.1 Å². The van der Waals surface area contributed by atoms with Crippen LogP contribution in [0.4, 0.5) is 0 Å². The number of ether oxygens (including phenoxy) is 1. The van der Waals surface area contributed by atoms with Crippen LogP contribution < -0.4 is 10.5 Å². The van der Waals surface area contributed by atoms with Gasteiger partial charge in [0.2, 0.25) is 0 Å². The van der Waals surface area contributed by atoms with Gasteiger partial charge < -0.3 is 10.5 Å². The Kier molecular flexibility index (Phi) is 5.06. The molecule has 0 aliphatic rings. The first-order valence-electron chi connectivity index (χ1n) is 5.75. The summed E-state index contributed by atoms with van der Waals surface area (Å²) in [4.78, 5) is 0. The van der Waals surface area contributed by atoms with Gasteiger partial charge in [-0.3, -0.25) is 0 Å². The number of rotatable bonds is 5. The van der Waals surface area contributed by atoms with Crippen LogP contribution >= 0.6 is 0 Å². The Bertz CT molecular complexity index is 338. The third-order valence-corrected chi connectivity index (χ3v) is 2.40. The summed E-state index contributed by atoms with van der Waals surface area (Å²) in [7, 11) is 0. The Balaban J connectivity index is 2.64. The maximum Gasteiger partial charge on any atom is 0.119 e. The van der Waals surface area contributed by atoms with Gasteiger partial charge in [-0.2, -0.15) is 0 Å². The fourth-order valence-electron chi connectivity index (χ4n) is 1.51. The maximum atomic E-state index is 5.63. The zero-order valence-corrected chi connectivity index (χ0v) is 10.4. The summed E-state index contributed by atoms with van der Waals surface area (Å²) in [6, 6.07) is 8.21. The molecule has 0 radical (unpaired) electrons. The van der Waals surface area contributed by atoms with E-state index in [0.29, 0.717) is 6.54 Å². The highest BCUT2D eigenvalue weighted by Crippen LogP contribution is 2.15. The molecule has 1 aromatic carbocycles. The quantitative estimate of drug-likeness (QED) is 0.773. The minimum absolute atomic E-state index is 0.223. The zero-order chi connectivity index (χ0) is 12.0. The van der Waals surface area contributed by atoms with E-state index in [4.69, 9.17) is 10.5 Å². The van der Waals surface area contributed by atoms with Crippen molar-refractivity contribution in [1.29, 1.82) is 0 Å². The Morgan fingerprint density at radius 3 is 2.38 bits per heavy atom. The summed E-state index contributed by atoms with van der Waals surface area (Å²) in [5.74, 6) is 0.925. The van der Waals surface area contributed by atoms with Gasteiger partial charge in [0.1, 0.15) is 5.75 Å². The minimum atomic E-state index is 0.223. The van der Waals surface area contributed by atoms with E-state index in [1.54, 1.807) is 0 Å². The number of benzene rings is 1. The van der Waals surface area contributed by atoms with Crippen molar-refractivity contribution < 1.29 is 4.74 Å². The van der Waals surface area contributed by atoms with Crippen LogP contribution in [0.15, 0.2) is 35.9 Å². The zero-order valence-electron chi connectivity index (χ0n) is 10.4. The number of nitrogens with two attached hydrogens (primary N) is 1. The second-order valence-electron chi connectivity index (χ2n) is 4.14. The molecule has 1 aromatic rings. The van der Waals surface area contributed by atoms with Crippen molar-refractivity contribution in [2.75, 3.05) is 6.54 Å². The van der Waals surface area contributed by atoms with Crippen molar-refractivity contribution in [1.82, 2.24) is 0 Å². The molecule has 0 saturated carbocycles. The summed E-state index contributed by atoms with van der Waals surface area (Å²) in [5.41, 5.74) is 8.17. The lowest BCUT2D eigenvalue weighted by Crippen LogP contribution is -2.06. The van der Waals surface area contributed by atoms with Crippen LogP contribution in [0.2, 0.25) is 0 Å². The molecule has 0 amide bonds. The van der Waals surface area contributed by atoms with Crippen molar-refractivity contribution in [3.8, 4) is 5.75 Å². The van der Waals surface area contributed by atoms with Crippen molar-refractivity contribution in [2.45, 2.75) is 33.3 Å². The van der Waals surface area contributed by atoms with E-state index in [1.807, 2.05) is 32.9 Å². The summed E-state index contributed by atoms with van der Waals surface area (Å²) in [6.45, 7) is 6.71. The van der Waals surface area contributed by atoms with E-state index in [9.17, 15) is 0 Å². The monoisotopic (exact) mass is 219 g/mol. The number of allylic oxidation sites excluding steroid dienone is 1. The van der Waals surface area contributed by atoms with Crippen LogP contribution in [0, 0.1) is 0 Å². The lowest BCUT2D eigenvalue weighted by molar-refractivity contribution is 0.242. The number of hydrogen-bond donors (Lipinski definition) is 1. The first-order valence-corrected chi connectivity index (χ1v) is 5.75. The predicted octanol–water partition coefficient (Wildman–Crippen LogP) is 2.92. The molecular formula is C14H21NO. The van der Waals surface area contributed by atoms with E-state index < -0.39 is 0 Å². The summed E-state index contributed by atoms with van der Waals surface area (Å²) < 4.78 is 5.59. The molecule has 1 rings (SSSR count). The maximum absolute atomic E-state index is 5.63. The largest absolute Gasteiger partial charge is 0.491 e. The third-order valence-electron chi connectivity index (χ3n) is 2.40. The Hall–Kier alpha value is -1.28. The minimum Gasteiger partial charge on any atom is -0.491 e. The average Bonchev–Trinajstić information content (AvgIpc) is 2.27. The molecule has 0 spiro atoms. The summed E-state index contributed by atoms with van der Waals surface area (Å²) >= 11 is 0. The highest BCUT2D eigenvalue weighted by molar-refractivity contribution is 5.30. The van der Waals surface area contributed by atoms with Gasteiger partial charge in [0, 0.05) is 6.54 Å². The molecule has 0 heterocycles. The van der Waals surface area contributed by atoms with Gasteiger partial charge in [-0.1, -0.05) is 23.8 Å². The highest BCUT2D eigenvalue weighted by Gasteiger charge is 2.00. The second kappa shape index (κ2) is 6.33. The van der Waals surface area contributed by atoms with Crippen LogP contribution in [0.5, 0.6) is 5.75 Å².